The number of nitrogens with one attached hydrogen (secondary N) is 1. The summed E-state index contributed by atoms with van der Waals surface area (Å²) in [5, 5.41) is 2.82. The number of allylic oxidation sites excluding steroid dienone is 3. The SMILES string of the molecule is O=P(O)(O)C1(P(=O)(O)O)C=CC2=CNCC2=C1. The fraction of sp³-hybridized carbons (Fsp3) is 0.250. The molecule has 0 aromatic heterocycles. The molecule has 1 aliphatic carbocycles. The van der Waals surface area contributed by atoms with Gasteiger partial charge in [0.1, 0.15) is 0 Å². The molecule has 1 heterocycles. The highest BCUT2D eigenvalue weighted by Crippen LogP contribution is 2.71. The van der Waals surface area contributed by atoms with Crippen LogP contribution in [0.25, 0.3) is 0 Å². The van der Waals surface area contributed by atoms with E-state index in [1.165, 1.54) is 6.08 Å². The summed E-state index contributed by atoms with van der Waals surface area (Å²) in [4.78, 5) is 34.4. The van der Waals surface area contributed by atoms with Crippen molar-refractivity contribution in [2.24, 2.45) is 0 Å². The second kappa shape index (κ2) is 3.65. The van der Waals surface area contributed by atoms with Gasteiger partial charge in [-0.05, 0) is 23.3 Å². The van der Waals surface area contributed by atoms with E-state index < -0.39 is 20.1 Å². The van der Waals surface area contributed by atoms with E-state index in [1.54, 1.807) is 6.20 Å². The Kier molecular flexibility index (Phi) is 2.74. The Morgan fingerprint density at radius 3 is 2.29 bits per heavy atom. The smallest absolute Gasteiger partial charge is 0.351 e. The molecule has 0 unspecified atom stereocenters. The summed E-state index contributed by atoms with van der Waals surface area (Å²) in [5.41, 5.74) is 1.14. The van der Waals surface area contributed by atoms with E-state index in [0.717, 1.165) is 12.2 Å². The Morgan fingerprint density at radius 1 is 1.18 bits per heavy atom. The molecule has 94 valence electrons. The van der Waals surface area contributed by atoms with Gasteiger partial charge in [0.15, 0.2) is 0 Å². The first-order valence-electron chi connectivity index (χ1n) is 4.63. The molecule has 17 heavy (non-hydrogen) atoms. The van der Waals surface area contributed by atoms with Crippen LogP contribution >= 0.6 is 15.2 Å². The van der Waals surface area contributed by atoms with Crippen LogP contribution in [0.1, 0.15) is 0 Å². The lowest BCUT2D eigenvalue weighted by Crippen LogP contribution is -2.27. The monoisotopic (exact) mass is 279 g/mol. The standard InChI is InChI=1S/C8H11NO6P2/c10-16(11,12)8(17(13,14)15)2-1-6-4-9-5-7(6)3-8/h1-4,9H,5H2,(H2,10,11,12)(H2,13,14,15). The lowest BCUT2D eigenvalue weighted by molar-refractivity contribution is 0.333. The van der Waals surface area contributed by atoms with Crippen molar-refractivity contribution >= 4 is 15.2 Å². The maximum Gasteiger partial charge on any atom is 0.351 e. The van der Waals surface area contributed by atoms with Crippen LogP contribution in [0.4, 0.5) is 0 Å². The molecule has 9 heteroatoms. The van der Waals surface area contributed by atoms with Crippen molar-refractivity contribution in [2.75, 3.05) is 6.54 Å². The fourth-order valence-corrected chi connectivity index (χ4v) is 4.35. The van der Waals surface area contributed by atoms with Crippen molar-refractivity contribution in [3.8, 4) is 0 Å². The Hall–Kier alpha value is -0.680. The van der Waals surface area contributed by atoms with Crippen LogP contribution in [0.15, 0.2) is 35.6 Å². The molecule has 0 saturated carbocycles. The van der Waals surface area contributed by atoms with Crippen LogP contribution in [0.2, 0.25) is 0 Å². The Bertz CT molecular complexity index is 514. The number of hydrogen-bond acceptors (Lipinski definition) is 3. The first-order chi connectivity index (χ1) is 7.67. The highest BCUT2D eigenvalue weighted by molar-refractivity contribution is 7.73. The van der Waals surface area contributed by atoms with Gasteiger partial charge in [-0.1, -0.05) is 6.08 Å². The highest BCUT2D eigenvalue weighted by Gasteiger charge is 2.58. The minimum absolute atomic E-state index is 0.293. The predicted octanol–water partition coefficient (Wildman–Crippen LogP) is 0.0214. The summed E-state index contributed by atoms with van der Waals surface area (Å²) in [6.07, 6.45) is 4.79. The molecule has 0 radical (unpaired) electrons. The van der Waals surface area contributed by atoms with Crippen molar-refractivity contribution < 1.29 is 28.7 Å². The molecule has 1 aliphatic heterocycles. The van der Waals surface area contributed by atoms with E-state index in [-0.39, 0.29) is 0 Å². The molecule has 0 bridgehead atoms. The summed E-state index contributed by atoms with van der Waals surface area (Å²) >= 11 is 0. The van der Waals surface area contributed by atoms with E-state index >= 15 is 0 Å². The first-order valence-corrected chi connectivity index (χ1v) is 7.86. The molecule has 0 aromatic carbocycles. The molecular formula is C8H11NO6P2. The van der Waals surface area contributed by atoms with Gasteiger partial charge in [-0.15, -0.1) is 0 Å². The largest absolute Gasteiger partial charge is 0.386 e. The second-order valence-electron chi connectivity index (χ2n) is 3.85. The third kappa shape index (κ3) is 1.85. The Balaban J connectivity index is 2.65. The lowest BCUT2D eigenvalue weighted by Gasteiger charge is -2.31. The first kappa shape index (κ1) is 12.8. The third-order valence-electron chi connectivity index (χ3n) is 2.75. The summed E-state index contributed by atoms with van der Waals surface area (Å²) in [5.74, 6) is 0. The fourth-order valence-electron chi connectivity index (χ4n) is 1.80. The molecule has 5 N–H and O–H groups in total. The maximum absolute atomic E-state index is 11.4. The van der Waals surface area contributed by atoms with Crippen molar-refractivity contribution in [3.63, 3.8) is 0 Å². The normalized spacial score (nSPS) is 22.6. The Labute approximate surface area is 96.9 Å². The number of hydrogen-bond donors (Lipinski definition) is 5. The number of fused-ring (bicyclic) bond motifs is 1. The topological polar surface area (TPSA) is 127 Å². The van der Waals surface area contributed by atoms with E-state index in [2.05, 4.69) is 5.32 Å². The molecule has 0 atom stereocenters. The van der Waals surface area contributed by atoms with Crippen molar-refractivity contribution in [1.82, 2.24) is 5.32 Å². The zero-order valence-electron chi connectivity index (χ0n) is 8.52. The van der Waals surface area contributed by atoms with Crippen LogP contribution in [-0.2, 0) is 9.13 Å². The van der Waals surface area contributed by atoms with Crippen LogP contribution in [0.5, 0.6) is 0 Å². The average molecular weight is 279 g/mol. The molecule has 2 aliphatic rings. The number of rotatable bonds is 2. The second-order valence-corrected chi connectivity index (χ2v) is 7.86. The van der Waals surface area contributed by atoms with E-state index in [0.29, 0.717) is 17.7 Å². The van der Waals surface area contributed by atoms with Gasteiger partial charge in [0, 0.05) is 12.7 Å². The van der Waals surface area contributed by atoms with Crippen LogP contribution < -0.4 is 5.32 Å². The molecule has 7 nitrogen and oxygen atoms in total. The Morgan fingerprint density at radius 2 is 1.76 bits per heavy atom. The van der Waals surface area contributed by atoms with Gasteiger partial charge in [0.05, 0.1) is 0 Å². The van der Waals surface area contributed by atoms with E-state index in [9.17, 15) is 28.7 Å². The molecule has 0 amide bonds. The van der Waals surface area contributed by atoms with Crippen molar-refractivity contribution in [1.29, 1.82) is 0 Å². The predicted molar refractivity (Wildman–Crippen MR) is 60.1 cm³/mol. The quantitative estimate of drug-likeness (QED) is 0.451. The highest BCUT2D eigenvalue weighted by atomic mass is 31.2. The zero-order chi connectivity index (χ0) is 12.9. The van der Waals surface area contributed by atoms with Crippen LogP contribution in [-0.4, -0.2) is 31.0 Å². The van der Waals surface area contributed by atoms with Gasteiger partial charge < -0.3 is 24.9 Å². The minimum Gasteiger partial charge on any atom is -0.386 e. The van der Waals surface area contributed by atoms with Gasteiger partial charge in [0.25, 0.3) is 0 Å². The van der Waals surface area contributed by atoms with Crippen LogP contribution in [0, 0.1) is 0 Å². The summed E-state index contributed by atoms with van der Waals surface area (Å²) in [7, 11) is -10.0. The maximum atomic E-state index is 11.4. The molecule has 0 spiro atoms. The van der Waals surface area contributed by atoms with Gasteiger partial charge in [0.2, 0.25) is 4.90 Å². The van der Waals surface area contributed by atoms with E-state index in [4.69, 9.17) is 0 Å². The lowest BCUT2D eigenvalue weighted by atomic mass is 10.0. The third-order valence-corrected chi connectivity index (χ3v) is 6.73. The molecule has 0 fully saturated rings. The molecular weight excluding hydrogens is 268 g/mol. The zero-order valence-corrected chi connectivity index (χ0v) is 10.3. The summed E-state index contributed by atoms with van der Waals surface area (Å²) < 4.78 is 22.8. The van der Waals surface area contributed by atoms with Gasteiger partial charge in [-0.2, -0.15) is 0 Å². The van der Waals surface area contributed by atoms with Crippen molar-refractivity contribution in [2.45, 2.75) is 4.90 Å². The minimum atomic E-state index is -5.02. The average Bonchev–Trinajstić information content (AvgIpc) is 2.59. The van der Waals surface area contributed by atoms with Gasteiger partial charge in [-0.25, -0.2) is 0 Å². The van der Waals surface area contributed by atoms with Crippen molar-refractivity contribution in [3.05, 3.63) is 35.6 Å². The summed E-state index contributed by atoms with van der Waals surface area (Å²) in [6.45, 7) is 0.293. The van der Waals surface area contributed by atoms with Gasteiger partial charge in [-0.3, -0.25) is 9.13 Å². The molecule has 2 rings (SSSR count). The van der Waals surface area contributed by atoms with Gasteiger partial charge >= 0.3 is 15.2 Å². The van der Waals surface area contributed by atoms with Crippen LogP contribution in [0.3, 0.4) is 0 Å². The molecule has 0 saturated heterocycles. The summed E-state index contributed by atoms with van der Waals surface area (Å²) in [6, 6.07) is 0. The molecule has 0 aromatic rings. The van der Waals surface area contributed by atoms with E-state index in [1.807, 2.05) is 0 Å².